The van der Waals surface area contributed by atoms with Gasteiger partial charge in [-0.1, -0.05) is 0 Å². The van der Waals surface area contributed by atoms with Crippen molar-refractivity contribution in [3.05, 3.63) is 47.5 Å². The SMILES string of the molecule is CCN(CC)C(=O)c1ccc(NC(=O)Cc2cc(OC)c(OC)c(OC)c2)cc1. The van der Waals surface area contributed by atoms with Crippen molar-refractivity contribution in [3.63, 3.8) is 0 Å². The Bertz CT molecular complexity index is 820. The molecular formula is C22H28N2O5. The summed E-state index contributed by atoms with van der Waals surface area (Å²) in [5, 5.41) is 2.84. The van der Waals surface area contributed by atoms with E-state index in [2.05, 4.69) is 5.32 Å². The van der Waals surface area contributed by atoms with Gasteiger partial charge in [0.2, 0.25) is 11.7 Å². The number of hydrogen-bond donors (Lipinski definition) is 1. The van der Waals surface area contributed by atoms with Crippen LogP contribution in [0.1, 0.15) is 29.8 Å². The van der Waals surface area contributed by atoms with Crippen LogP contribution in [0.2, 0.25) is 0 Å². The van der Waals surface area contributed by atoms with Crippen molar-refractivity contribution in [2.24, 2.45) is 0 Å². The molecular weight excluding hydrogens is 372 g/mol. The summed E-state index contributed by atoms with van der Waals surface area (Å²) >= 11 is 0. The van der Waals surface area contributed by atoms with Gasteiger partial charge in [-0.2, -0.15) is 0 Å². The molecule has 0 atom stereocenters. The molecule has 0 saturated heterocycles. The Labute approximate surface area is 171 Å². The second-order valence-corrected chi connectivity index (χ2v) is 6.31. The van der Waals surface area contributed by atoms with Crippen LogP contribution < -0.4 is 19.5 Å². The Hall–Kier alpha value is -3.22. The summed E-state index contributed by atoms with van der Waals surface area (Å²) in [6, 6.07) is 10.4. The van der Waals surface area contributed by atoms with E-state index in [4.69, 9.17) is 14.2 Å². The highest BCUT2D eigenvalue weighted by molar-refractivity contribution is 5.96. The first-order chi connectivity index (χ1) is 14.0. The van der Waals surface area contributed by atoms with Crippen LogP contribution in [0.3, 0.4) is 0 Å². The van der Waals surface area contributed by atoms with Crippen molar-refractivity contribution in [3.8, 4) is 17.2 Å². The molecule has 2 aromatic rings. The topological polar surface area (TPSA) is 77.1 Å². The quantitative estimate of drug-likeness (QED) is 0.698. The van der Waals surface area contributed by atoms with Crippen LogP contribution in [-0.4, -0.2) is 51.1 Å². The van der Waals surface area contributed by atoms with Crippen molar-refractivity contribution >= 4 is 17.5 Å². The van der Waals surface area contributed by atoms with Gasteiger partial charge in [0.1, 0.15) is 0 Å². The zero-order valence-corrected chi connectivity index (χ0v) is 17.6. The molecule has 2 amide bonds. The number of nitrogens with zero attached hydrogens (tertiary/aromatic N) is 1. The molecule has 2 aromatic carbocycles. The Balaban J connectivity index is 2.09. The molecule has 2 rings (SSSR count). The van der Waals surface area contributed by atoms with Crippen LogP contribution in [0.25, 0.3) is 0 Å². The van der Waals surface area contributed by atoms with Gasteiger partial charge in [-0.3, -0.25) is 9.59 Å². The van der Waals surface area contributed by atoms with Crippen LogP contribution >= 0.6 is 0 Å². The first-order valence-corrected chi connectivity index (χ1v) is 9.45. The maximum Gasteiger partial charge on any atom is 0.253 e. The molecule has 0 radical (unpaired) electrons. The number of anilines is 1. The fourth-order valence-electron chi connectivity index (χ4n) is 3.02. The number of carbonyl (C=O) groups excluding carboxylic acids is 2. The minimum Gasteiger partial charge on any atom is -0.493 e. The molecule has 156 valence electrons. The summed E-state index contributed by atoms with van der Waals surface area (Å²) in [5.41, 5.74) is 1.94. The minimum absolute atomic E-state index is 0.0229. The second-order valence-electron chi connectivity index (χ2n) is 6.31. The number of benzene rings is 2. The van der Waals surface area contributed by atoms with Crippen LogP contribution in [0.15, 0.2) is 36.4 Å². The standard InChI is InChI=1S/C22H28N2O5/c1-6-24(7-2)22(26)16-8-10-17(11-9-16)23-20(25)14-15-12-18(27-3)21(29-5)19(13-15)28-4/h8-13H,6-7,14H2,1-5H3,(H,23,25). The van der Waals surface area contributed by atoms with Crippen molar-refractivity contribution in [2.75, 3.05) is 39.7 Å². The van der Waals surface area contributed by atoms with Gasteiger partial charge in [0.05, 0.1) is 27.8 Å². The fourth-order valence-corrected chi connectivity index (χ4v) is 3.02. The van der Waals surface area contributed by atoms with Crippen molar-refractivity contribution < 1.29 is 23.8 Å². The maximum absolute atomic E-state index is 12.5. The van der Waals surface area contributed by atoms with Crippen LogP contribution in [0, 0.1) is 0 Å². The van der Waals surface area contributed by atoms with Crippen molar-refractivity contribution in [1.29, 1.82) is 0 Å². The smallest absolute Gasteiger partial charge is 0.253 e. The highest BCUT2D eigenvalue weighted by Crippen LogP contribution is 2.38. The molecule has 0 saturated carbocycles. The summed E-state index contributed by atoms with van der Waals surface area (Å²) in [6.07, 6.45) is 0.136. The zero-order valence-electron chi connectivity index (χ0n) is 17.6. The largest absolute Gasteiger partial charge is 0.493 e. The molecule has 0 spiro atoms. The van der Waals surface area contributed by atoms with Gasteiger partial charge >= 0.3 is 0 Å². The molecule has 1 N–H and O–H groups in total. The number of hydrogen-bond acceptors (Lipinski definition) is 5. The molecule has 0 unspecified atom stereocenters. The van der Waals surface area contributed by atoms with E-state index in [1.165, 1.54) is 21.3 Å². The fraction of sp³-hybridized carbons (Fsp3) is 0.364. The summed E-state index contributed by atoms with van der Waals surface area (Å²) in [4.78, 5) is 26.6. The molecule has 0 aliphatic rings. The van der Waals surface area contributed by atoms with E-state index >= 15 is 0 Å². The lowest BCUT2D eigenvalue weighted by Gasteiger charge is -2.18. The lowest BCUT2D eigenvalue weighted by atomic mass is 10.1. The van der Waals surface area contributed by atoms with Crippen LogP contribution in [0.5, 0.6) is 17.2 Å². The number of rotatable bonds is 9. The summed E-state index contributed by atoms with van der Waals surface area (Å²) in [6.45, 7) is 5.20. The lowest BCUT2D eigenvalue weighted by molar-refractivity contribution is -0.115. The highest BCUT2D eigenvalue weighted by atomic mass is 16.5. The second kappa shape index (κ2) is 10.4. The number of nitrogens with one attached hydrogen (secondary N) is 1. The van der Waals surface area contributed by atoms with Gasteiger partial charge in [0.25, 0.3) is 5.91 Å². The van der Waals surface area contributed by atoms with E-state index in [-0.39, 0.29) is 18.2 Å². The van der Waals surface area contributed by atoms with Crippen molar-refractivity contribution in [1.82, 2.24) is 4.90 Å². The molecule has 0 fully saturated rings. The first-order valence-electron chi connectivity index (χ1n) is 9.45. The van der Waals surface area contributed by atoms with Crippen LogP contribution in [-0.2, 0) is 11.2 Å². The van der Waals surface area contributed by atoms with Gasteiger partial charge in [0.15, 0.2) is 11.5 Å². The molecule has 0 aliphatic carbocycles. The Morgan fingerprint density at radius 2 is 1.45 bits per heavy atom. The van der Waals surface area contributed by atoms with Gasteiger partial charge in [-0.05, 0) is 55.8 Å². The van der Waals surface area contributed by atoms with E-state index in [1.807, 2.05) is 13.8 Å². The van der Waals surface area contributed by atoms with Gasteiger partial charge in [-0.25, -0.2) is 0 Å². The lowest BCUT2D eigenvalue weighted by Crippen LogP contribution is -2.30. The van der Waals surface area contributed by atoms with Crippen molar-refractivity contribution in [2.45, 2.75) is 20.3 Å². The molecule has 7 heteroatoms. The highest BCUT2D eigenvalue weighted by Gasteiger charge is 2.16. The summed E-state index contributed by atoms with van der Waals surface area (Å²) < 4.78 is 15.9. The molecule has 0 bridgehead atoms. The summed E-state index contributed by atoms with van der Waals surface area (Å²) in [7, 11) is 4.59. The predicted molar refractivity (Wildman–Crippen MR) is 112 cm³/mol. The number of methoxy groups -OCH3 is 3. The monoisotopic (exact) mass is 400 g/mol. The average Bonchev–Trinajstić information content (AvgIpc) is 2.74. The number of ether oxygens (including phenoxy) is 3. The van der Waals surface area contributed by atoms with Crippen LogP contribution in [0.4, 0.5) is 5.69 Å². The normalized spacial score (nSPS) is 10.2. The predicted octanol–water partition coefficient (Wildman–Crippen LogP) is 3.38. The Morgan fingerprint density at radius 3 is 1.90 bits per heavy atom. The zero-order chi connectivity index (χ0) is 21.4. The molecule has 29 heavy (non-hydrogen) atoms. The minimum atomic E-state index is -0.193. The first kappa shape index (κ1) is 22.1. The third-order valence-corrected chi connectivity index (χ3v) is 4.56. The van der Waals surface area contributed by atoms with E-state index in [0.717, 1.165) is 5.56 Å². The van der Waals surface area contributed by atoms with E-state index < -0.39 is 0 Å². The third kappa shape index (κ3) is 5.40. The Kier molecular flexibility index (Phi) is 7.88. The van der Waals surface area contributed by atoms with E-state index in [0.29, 0.717) is 41.6 Å². The van der Waals surface area contributed by atoms with Gasteiger partial charge < -0.3 is 24.4 Å². The molecule has 0 aromatic heterocycles. The number of amides is 2. The molecule has 7 nitrogen and oxygen atoms in total. The van der Waals surface area contributed by atoms with Gasteiger partial charge in [0, 0.05) is 24.3 Å². The maximum atomic E-state index is 12.5. The number of carbonyl (C=O) groups is 2. The third-order valence-electron chi connectivity index (χ3n) is 4.56. The summed E-state index contributed by atoms with van der Waals surface area (Å²) in [5.74, 6) is 1.25. The van der Waals surface area contributed by atoms with Gasteiger partial charge in [-0.15, -0.1) is 0 Å². The van der Waals surface area contributed by atoms with E-state index in [9.17, 15) is 9.59 Å². The molecule has 0 aliphatic heterocycles. The molecule has 0 heterocycles. The van der Waals surface area contributed by atoms with E-state index in [1.54, 1.807) is 41.3 Å². The Morgan fingerprint density at radius 1 is 0.897 bits per heavy atom. The average molecular weight is 400 g/mol.